The SMILES string of the molecule is C=CC.C=CC(=O)NCC(C)COC(COCC(C)CNC)COCC(C)CNC=O.C=CC=O. The fourth-order valence-corrected chi connectivity index (χ4v) is 2.37. The zero-order valence-electron chi connectivity index (χ0n) is 22.4. The second-order valence-electron chi connectivity index (χ2n) is 8.16. The van der Waals surface area contributed by atoms with Gasteiger partial charge in [0, 0.05) is 13.1 Å². The fraction of sp³-hybridized carbons (Fsp3) is 0.654. The molecule has 3 N–H and O–H groups in total. The molecule has 204 valence electrons. The van der Waals surface area contributed by atoms with Crippen LogP contribution in [0.4, 0.5) is 0 Å². The minimum atomic E-state index is -0.189. The van der Waals surface area contributed by atoms with Gasteiger partial charge in [-0.25, -0.2) is 0 Å². The summed E-state index contributed by atoms with van der Waals surface area (Å²) in [5.74, 6) is 0.598. The van der Waals surface area contributed by atoms with Crippen molar-refractivity contribution in [3.63, 3.8) is 0 Å². The summed E-state index contributed by atoms with van der Waals surface area (Å²) in [4.78, 5) is 30.7. The van der Waals surface area contributed by atoms with Crippen molar-refractivity contribution in [3.8, 4) is 0 Å². The fourth-order valence-electron chi connectivity index (χ4n) is 2.37. The van der Waals surface area contributed by atoms with Gasteiger partial charge in [0.2, 0.25) is 12.3 Å². The topological polar surface area (TPSA) is 115 Å². The normalized spacial score (nSPS) is 13.2. The van der Waals surface area contributed by atoms with E-state index < -0.39 is 0 Å². The molecule has 4 unspecified atom stereocenters. The highest BCUT2D eigenvalue weighted by Gasteiger charge is 2.14. The van der Waals surface area contributed by atoms with E-state index in [0.717, 1.165) is 6.54 Å². The number of ether oxygens (including phenoxy) is 3. The molecule has 0 aliphatic heterocycles. The van der Waals surface area contributed by atoms with Crippen molar-refractivity contribution in [1.29, 1.82) is 0 Å². The van der Waals surface area contributed by atoms with E-state index in [1.165, 1.54) is 12.2 Å². The average molecular weight is 500 g/mol. The van der Waals surface area contributed by atoms with Gasteiger partial charge >= 0.3 is 0 Å². The molecule has 35 heavy (non-hydrogen) atoms. The largest absolute Gasteiger partial charge is 0.378 e. The number of carbonyl (C=O) groups is 3. The molecule has 0 aromatic carbocycles. The zero-order valence-corrected chi connectivity index (χ0v) is 22.4. The van der Waals surface area contributed by atoms with Gasteiger partial charge in [0.15, 0.2) is 0 Å². The Morgan fingerprint density at radius 1 is 0.857 bits per heavy atom. The van der Waals surface area contributed by atoms with Crippen LogP contribution in [0.15, 0.2) is 38.0 Å². The van der Waals surface area contributed by atoms with Crippen LogP contribution in [0.2, 0.25) is 0 Å². The van der Waals surface area contributed by atoms with Crippen LogP contribution in [0, 0.1) is 17.8 Å². The van der Waals surface area contributed by atoms with Crippen molar-refractivity contribution in [2.24, 2.45) is 17.8 Å². The third-order valence-corrected chi connectivity index (χ3v) is 4.04. The van der Waals surface area contributed by atoms with E-state index in [1.54, 1.807) is 6.08 Å². The summed E-state index contributed by atoms with van der Waals surface area (Å²) in [7, 11) is 1.92. The first-order valence-corrected chi connectivity index (χ1v) is 11.9. The number of hydrogen-bond acceptors (Lipinski definition) is 7. The Labute approximate surface area is 212 Å². The minimum absolute atomic E-state index is 0.158. The molecule has 4 atom stereocenters. The lowest BCUT2D eigenvalue weighted by molar-refractivity contribution is -0.117. The van der Waals surface area contributed by atoms with Crippen LogP contribution in [-0.2, 0) is 28.6 Å². The standard InChI is InChI=1S/C20H39N3O5.C3H4O.C3H6/c1-6-20(25)23-9-18(4)12-28-19(13-26-10-16(2)7-21-5)14-27-11-17(3)8-22-15-24;1-2-3-4;1-3-2/h6,15-19,21H,1,7-14H2,2-5H3,(H,22,24)(H,23,25);2-3H,1H2;3H,1H2,2H3. The molecule has 0 fully saturated rings. The molecular formula is C26H49N3O6. The second-order valence-corrected chi connectivity index (χ2v) is 8.16. The number of rotatable bonds is 20. The van der Waals surface area contributed by atoms with Gasteiger partial charge in [0.05, 0.1) is 33.0 Å². The molecule has 0 aromatic rings. The Bertz CT molecular complexity index is 539. The van der Waals surface area contributed by atoms with Gasteiger partial charge < -0.3 is 30.2 Å². The summed E-state index contributed by atoms with van der Waals surface area (Å²) in [6.07, 6.45) is 5.34. The van der Waals surface area contributed by atoms with Gasteiger partial charge in [-0.3, -0.25) is 14.4 Å². The Morgan fingerprint density at radius 3 is 1.77 bits per heavy atom. The van der Waals surface area contributed by atoms with E-state index in [2.05, 4.69) is 42.6 Å². The summed E-state index contributed by atoms with van der Waals surface area (Å²) in [5, 5.41) is 8.54. The number of amides is 2. The number of aldehydes is 1. The quantitative estimate of drug-likeness (QED) is 0.134. The Kier molecular flexibility index (Phi) is 31.6. The van der Waals surface area contributed by atoms with E-state index in [-0.39, 0.29) is 23.8 Å². The number of nitrogens with one attached hydrogen (secondary N) is 3. The maximum atomic E-state index is 11.3. The first-order chi connectivity index (χ1) is 16.7. The molecule has 0 spiro atoms. The van der Waals surface area contributed by atoms with Crippen LogP contribution in [-0.4, -0.2) is 84.4 Å². The lowest BCUT2D eigenvalue weighted by Gasteiger charge is -2.22. The molecule has 9 heteroatoms. The lowest BCUT2D eigenvalue weighted by atomic mass is 10.2. The average Bonchev–Trinajstić information content (AvgIpc) is 2.84. The van der Waals surface area contributed by atoms with Crippen LogP contribution in [0.1, 0.15) is 27.7 Å². The van der Waals surface area contributed by atoms with E-state index in [4.69, 9.17) is 19.0 Å². The summed E-state index contributed by atoms with van der Waals surface area (Å²) >= 11 is 0. The Hall–Kier alpha value is -2.33. The van der Waals surface area contributed by atoms with E-state index in [0.29, 0.717) is 64.7 Å². The third-order valence-electron chi connectivity index (χ3n) is 4.04. The molecule has 0 bridgehead atoms. The number of allylic oxidation sites excluding steroid dienone is 2. The predicted octanol–water partition coefficient (Wildman–Crippen LogP) is 2.14. The van der Waals surface area contributed by atoms with Crippen molar-refractivity contribution in [2.45, 2.75) is 33.8 Å². The van der Waals surface area contributed by atoms with Gasteiger partial charge in [0.1, 0.15) is 12.4 Å². The monoisotopic (exact) mass is 499 g/mol. The van der Waals surface area contributed by atoms with Crippen molar-refractivity contribution in [1.82, 2.24) is 16.0 Å². The van der Waals surface area contributed by atoms with Crippen LogP contribution >= 0.6 is 0 Å². The molecular weight excluding hydrogens is 450 g/mol. The first kappa shape index (κ1) is 37.2. The first-order valence-electron chi connectivity index (χ1n) is 11.9. The summed E-state index contributed by atoms with van der Waals surface area (Å²) in [6, 6.07) is 0. The van der Waals surface area contributed by atoms with E-state index >= 15 is 0 Å². The minimum Gasteiger partial charge on any atom is -0.378 e. The molecule has 0 aliphatic carbocycles. The van der Waals surface area contributed by atoms with Crippen molar-refractivity contribution in [3.05, 3.63) is 38.0 Å². The number of hydrogen-bond donors (Lipinski definition) is 3. The second kappa shape index (κ2) is 29.7. The molecule has 0 radical (unpaired) electrons. The maximum absolute atomic E-state index is 11.3. The molecule has 0 aromatic heterocycles. The smallest absolute Gasteiger partial charge is 0.243 e. The van der Waals surface area contributed by atoms with Crippen molar-refractivity contribution in [2.75, 3.05) is 59.7 Å². The highest BCUT2D eigenvalue weighted by Crippen LogP contribution is 2.04. The third kappa shape index (κ3) is 31.7. The maximum Gasteiger partial charge on any atom is 0.243 e. The van der Waals surface area contributed by atoms with Crippen LogP contribution in [0.5, 0.6) is 0 Å². The number of carbonyl (C=O) groups excluding carboxylic acids is 3. The molecule has 0 aliphatic rings. The molecule has 0 heterocycles. The Morgan fingerprint density at radius 2 is 1.34 bits per heavy atom. The molecule has 9 nitrogen and oxygen atoms in total. The van der Waals surface area contributed by atoms with Crippen molar-refractivity contribution >= 4 is 18.6 Å². The van der Waals surface area contributed by atoms with Crippen molar-refractivity contribution < 1.29 is 28.6 Å². The molecule has 2 amide bonds. The van der Waals surface area contributed by atoms with Crippen LogP contribution in [0.25, 0.3) is 0 Å². The Balaban J connectivity index is -0.00000129. The summed E-state index contributed by atoms with van der Waals surface area (Å²) in [6.45, 7) is 22.4. The van der Waals surface area contributed by atoms with Gasteiger partial charge in [-0.1, -0.05) is 40.0 Å². The molecule has 0 saturated heterocycles. The zero-order chi connectivity index (χ0) is 27.3. The van der Waals surface area contributed by atoms with Gasteiger partial charge in [-0.2, -0.15) is 0 Å². The summed E-state index contributed by atoms with van der Waals surface area (Å²) in [5.41, 5.74) is 0. The highest BCUT2D eigenvalue weighted by molar-refractivity contribution is 5.86. The van der Waals surface area contributed by atoms with Crippen LogP contribution < -0.4 is 16.0 Å². The molecule has 0 saturated carbocycles. The van der Waals surface area contributed by atoms with Gasteiger partial charge in [0.25, 0.3) is 0 Å². The van der Waals surface area contributed by atoms with E-state index in [1.807, 2.05) is 27.8 Å². The lowest BCUT2D eigenvalue weighted by Crippen LogP contribution is -2.33. The van der Waals surface area contributed by atoms with Gasteiger partial charge in [-0.05, 0) is 50.4 Å². The predicted molar refractivity (Wildman–Crippen MR) is 142 cm³/mol. The van der Waals surface area contributed by atoms with Crippen LogP contribution in [0.3, 0.4) is 0 Å². The van der Waals surface area contributed by atoms with E-state index in [9.17, 15) is 9.59 Å². The summed E-state index contributed by atoms with van der Waals surface area (Å²) < 4.78 is 17.5. The highest BCUT2D eigenvalue weighted by atomic mass is 16.6. The molecule has 0 rings (SSSR count). The van der Waals surface area contributed by atoms with Gasteiger partial charge in [-0.15, -0.1) is 6.58 Å².